The second kappa shape index (κ2) is 7.14. The molecule has 4 heteroatoms. The van der Waals surface area contributed by atoms with Crippen LogP contribution in [0, 0.1) is 19.8 Å². The molecule has 0 spiro atoms. The SMILES string of the molecule is Cc1cccc(N2CCN(C(=O)[C@@H](N)CC(C)C)CC2)c1C. The van der Waals surface area contributed by atoms with E-state index in [0.717, 1.165) is 32.6 Å². The lowest BCUT2D eigenvalue weighted by atomic mass is 10.0. The lowest BCUT2D eigenvalue weighted by Gasteiger charge is -2.38. The zero-order valence-electron chi connectivity index (χ0n) is 14.3. The maximum Gasteiger partial charge on any atom is 0.239 e. The number of rotatable bonds is 4. The molecule has 1 amide bonds. The van der Waals surface area contributed by atoms with Gasteiger partial charge < -0.3 is 15.5 Å². The molecule has 2 rings (SSSR count). The number of amides is 1. The van der Waals surface area contributed by atoms with E-state index in [0.29, 0.717) is 5.92 Å². The van der Waals surface area contributed by atoms with Gasteiger partial charge in [0.1, 0.15) is 0 Å². The van der Waals surface area contributed by atoms with Crippen LogP contribution in [0.2, 0.25) is 0 Å². The van der Waals surface area contributed by atoms with Gasteiger partial charge in [-0.15, -0.1) is 0 Å². The van der Waals surface area contributed by atoms with Gasteiger partial charge in [0, 0.05) is 31.9 Å². The fourth-order valence-corrected chi connectivity index (χ4v) is 3.09. The van der Waals surface area contributed by atoms with Crippen LogP contribution >= 0.6 is 0 Å². The number of hydrogen-bond donors (Lipinski definition) is 1. The van der Waals surface area contributed by atoms with Crippen LogP contribution in [-0.2, 0) is 4.79 Å². The standard InChI is InChI=1S/C18H29N3O/c1-13(2)12-16(19)18(22)21-10-8-20(9-11-21)17-7-5-6-14(3)15(17)4/h5-7,13,16H,8-12,19H2,1-4H3/t16-/m0/s1. The Morgan fingerprint density at radius 3 is 2.41 bits per heavy atom. The molecule has 1 aliphatic heterocycles. The highest BCUT2D eigenvalue weighted by molar-refractivity contribution is 5.82. The van der Waals surface area contributed by atoms with E-state index in [1.54, 1.807) is 0 Å². The molecule has 1 aliphatic rings. The van der Waals surface area contributed by atoms with Crippen LogP contribution in [0.3, 0.4) is 0 Å². The van der Waals surface area contributed by atoms with E-state index in [1.165, 1.54) is 16.8 Å². The number of carbonyl (C=O) groups excluding carboxylic acids is 1. The van der Waals surface area contributed by atoms with Crippen molar-refractivity contribution >= 4 is 11.6 Å². The monoisotopic (exact) mass is 303 g/mol. The van der Waals surface area contributed by atoms with Gasteiger partial charge in [-0.25, -0.2) is 0 Å². The third kappa shape index (κ3) is 3.80. The molecule has 1 fully saturated rings. The van der Waals surface area contributed by atoms with E-state index in [9.17, 15) is 4.79 Å². The summed E-state index contributed by atoms with van der Waals surface area (Å²) < 4.78 is 0. The van der Waals surface area contributed by atoms with Gasteiger partial charge in [0.2, 0.25) is 5.91 Å². The Bertz CT molecular complexity index is 519. The zero-order chi connectivity index (χ0) is 16.3. The number of nitrogens with zero attached hydrogens (tertiary/aromatic N) is 2. The summed E-state index contributed by atoms with van der Waals surface area (Å²) in [4.78, 5) is 16.7. The normalized spacial score (nSPS) is 17.0. The van der Waals surface area contributed by atoms with Crippen LogP contribution in [0.5, 0.6) is 0 Å². The molecule has 1 saturated heterocycles. The first-order valence-electron chi connectivity index (χ1n) is 8.25. The Labute approximate surface area is 134 Å². The summed E-state index contributed by atoms with van der Waals surface area (Å²) in [6.45, 7) is 11.8. The average molecular weight is 303 g/mol. The second-order valence-corrected chi connectivity index (χ2v) is 6.77. The first kappa shape index (κ1) is 16.8. The summed E-state index contributed by atoms with van der Waals surface area (Å²) in [6.07, 6.45) is 0.760. The minimum atomic E-state index is -0.354. The smallest absolute Gasteiger partial charge is 0.239 e. The van der Waals surface area contributed by atoms with Crippen molar-refractivity contribution in [2.75, 3.05) is 31.1 Å². The van der Waals surface area contributed by atoms with Crippen molar-refractivity contribution < 1.29 is 4.79 Å². The van der Waals surface area contributed by atoms with Crippen molar-refractivity contribution in [1.29, 1.82) is 0 Å². The van der Waals surface area contributed by atoms with Crippen LogP contribution in [0.25, 0.3) is 0 Å². The largest absolute Gasteiger partial charge is 0.368 e. The van der Waals surface area contributed by atoms with Gasteiger partial charge in [-0.1, -0.05) is 26.0 Å². The summed E-state index contributed by atoms with van der Waals surface area (Å²) in [6, 6.07) is 6.06. The van der Waals surface area contributed by atoms with Gasteiger partial charge in [0.05, 0.1) is 6.04 Å². The van der Waals surface area contributed by atoms with Crippen LogP contribution in [-0.4, -0.2) is 43.0 Å². The molecule has 1 atom stereocenters. The highest BCUT2D eigenvalue weighted by Gasteiger charge is 2.26. The molecule has 0 aromatic heterocycles. The number of hydrogen-bond acceptors (Lipinski definition) is 3. The first-order valence-corrected chi connectivity index (χ1v) is 8.25. The molecule has 1 aromatic carbocycles. The topological polar surface area (TPSA) is 49.6 Å². The van der Waals surface area contributed by atoms with Crippen molar-refractivity contribution in [1.82, 2.24) is 4.90 Å². The maximum atomic E-state index is 12.4. The Balaban J connectivity index is 1.95. The summed E-state index contributed by atoms with van der Waals surface area (Å²) in [5, 5.41) is 0. The predicted molar refractivity (Wildman–Crippen MR) is 92.1 cm³/mol. The highest BCUT2D eigenvalue weighted by atomic mass is 16.2. The molecule has 4 nitrogen and oxygen atoms in total. The number of piperazine rings is 1. The Kier molecular flexibility index (Phi) is 5.46. The van der Waals surface area contributed by atoms with E-state index in [4.69, 9.17) is 5.73 Å². The van der Waals surface area contributed by atoms with Crippen molar-refractivity contribution in [3.05, 3.63) is 29.3 Å². The minimum Gasteiger partial charge on any atom is -0.368 e. The number of benzene rings is 1. The van der Waals surface area contributed by atoms with Crippen LogP contribution in [0.15, 0.2) is 18.2 Å². The van der Waals surface area contributed by atoms with Crippen molar-refractivity contribution in [3.63, 3.8) is 0 Å². The number of carbonyl (C=O) groups is 1. The Morgan fingerprint density at radius 2 is 1.82 bits per heavy atom. The molecule has 0 aliphatic carbocycles. The fourth-order valence-electron chi connectivity index (χ4n) is 3.09. The minimum absolute atomic E-state index is 0.106. The molecular weight excluding hydrogens is 274 g/mol. The zero-order valence-corrected chi connectivity index (χ0v) is 14.3. The molecule has 0 bridgehead atoms. The Morgan fingerprint density at radius 1 is 1.18 bits per heavy atom. The Hall–Kier alpha value is -1.55. The highest BCUT2D eigenvalue weighted by Crippen LogP contribution is 2.24. The molecule has 0 radical (unpaired) electrons. The second-order valence-electron chi connectivity index (χ2n) is 6.77. The van der Waals surface area contributed by atoms with Gasteiger partial charge >= 0.3 is 0 Å². The third-order valence-corrected chi connectivity index (χ3v) is 4.55. The quantitative estimate of drug-likeness (QED) is 0.929. The molecule has 2 N–H and O–H groups in total. The molecule has 22 heavy (non-hydrogen) atoms. The molecule has 0 unspecified atom stereocenters. The molecule has 1 aromatic rings. The maximum absolute atomic E-state index is 12.4. The van der Waals surface area contributed by atoms with Crippen molar-refractivity contribution in [2.24, 2.45) is 11.7 Å². The summed E-state index contributed by atoms with van der Waals surface area (Å²) >= 11 is 0. The van der Waals surface area contributed by atoms with Crippen LogP contribution < -0.4 is 10.6 Å². The number of aryl methyl sites for hydroxylation is 1. The molecule has 1 heterocycles. The molecule has 122 valence electrons. The van der Waals surface area contributed by atoms with Gasteiger partial charge in [0.25, 0.3) is 0 Å². The van der Waals surface area contributed by atoms with E-state index in [-0.39, 0.29) is 11.9 Å². The fraction of sp³-hybridized carbons (Fsp3) is 0.611. The van der Waals surface area contributed by atoms with Gasteiger partial charge in [-0.05, 0) is 43.4 Å². The first-order chi connectivity index (χ1) is 10.4. The van der Waals surface area contributed by atoms with Crippen molar-refractivity contribution in [2.45, 2.75) is 40.2 Å². The third-order valence-electron chi connectivity index (χ3n) is 4.55. The van der Waals surface area contributed by atoms with E-state index >= 15 is 0 Å². The van der Waals surface area contributed by atoms with Crippen LogP contribution in [0.4, 0.5) is 5.69 Å². The molecule has 0 saturated carbocycles. The van der Waals surface area contributed by atoms with Gasteiger partial charge in [-0.3, -0.25) is 4.79 Å². The van der Waals surface area contributed by atoms with E-state index in [1.807, 2.05) is 4.90 Å². The summed E-state index contributed by atoms with van der Waals surface area (Å²) in [7, 11) is 0. The van der Waals surface area contributed by atoms with E-state index in [2.05, 4.69) is 50.8 Å². The lowest BCUT2D eigenvalue weighted by molar-refractivity contribution is -0.133. The average Bonchev–Trinajstić information content (AvgIpc) is 2.49. The van der Waals surface area contributed by atoms with Crippen molar-refractivity contribution in [3.8, 4) is 0 Å². The van der Waals surface area contributed by atoms with Crippen LogP contribution in [0.1, 0.15) is 31.4 Å². The lowest BCUT2D eigenvalue weighted by Crippen LogP contribution is -2.53. The number of nitrogens with two attached hydrogens (primary N) is 1. The van der Waals surface area contributed by atoms with Gasteiger partial charge in [0.15, 0.2) is 0 Å². The summed E-state index contributed by atoms with van der Waals surface area (Å²) in [5.74, 6) is 0.560. The summed E-state index contributed by atoms with van der Waals surface area (Å²) in [5.41, 5.74) is 9.97. The molecular formula is C18H29N3O. The predicted octanol–water partition coefficient (Wildman–Crippen LogP) is 2.33. The van der Waals surface area contributed by atoms with Gasteiger partial charge in [-0.2, -0.15) is 0 Å². The van der Waals surface area contributed by atoms with E-state index < -0.39 is 0 Å². The number of anilines is 1.